The third-order valence-corrected chi connectivity index (χ3v) is 2.68. The van der Waals surface area contributed by atoms with Gasteiger partial charge in [0.15, 0.2) is 5.11 Å². The van der Waals surface area contributed by atoms with E-state index in [9.17, 15) is 26.3 Å². The van der Waals surface area contributed by atoms with Crippen molar-refractivity contribution < 1.29 is 26.3 Å². The Balaban J connectivity index is 3.14. The predicted octanol–water partition coefficient (Wildman–Crippen LogP) is 3.32. The Morgan fingerprint density at radius 2 is 1.45 bits per heavy atom. The van der Waals surface area contributed by atoms with Gasteiger partial charge >= 0.3 is 12.4 Å². The first-order valence-corrected chi connectivity index (χ1v) is 5.69. The van der Waals surface area contributed by atoms with Gasteiger partial charge in [-0.2, -0.15) is 26.3 Å². The van der Waals surface area contributed by atoms with Gasteiger partial charge in [0.05, 0.1) is 11.1 Å². The molecular weight excluding hydrogens is 306 g/mol. The highest BCUT2D eigenvalue weighted by atomic mass is 32.1. The maximum Gasteiger partial charge on any atom is 0.416 e. The molecule has 20 heavy (non-hydrogen) atoms. The van der Waals surface area contributed by atoms with Crippen molar-refractivity contribution in [2.75, 3.05) is 7.05 Å². The van der Waals surface area contributed by atoms with Crippen LogP contribution in [0.5, 0.6) is 0 Å². The van der Waals surface area contributed by atoms with E-state index in [1.165, 1.54) is 7.05 Å². The molecule has 2 N–H and O–H groups in total. The molecule has 1 rings (SSSR count). The standard InChI is InChI=1S/C11H10F6N2S/c1-18-9(20)19-5-6-2-7(10(12,13)14)4-8(3-6)11(15,16)17/h2-4H,5H2,1H3,(H2,18,19,20). The molecule has 9 heteroatoms. The largest absolute Gasteiger partial charge is 0.416 e. The molecule has 0 bridgehead atoms. The maximum atomic E-state index is 12.6. The zero-order valence-electron chi connectivity index (χ0n) is 10.1. The molecule has 0 radical (unpaired) electrons. The van der Waals surface area contributed by atoms with Crippen molar-refractivity contribution in [1.82, 2.24) is 10.6 Å². The van der Waals surface area contributed by atoms with Crippen LogP contribution >= 0.6 is 12.2 Å². The molecule has 0 unspecified atom stereocenters. The van der Waals surface area contributed by atoms with E-state index in [0.29, 0.717) is 12.1 Å². The highest BCUT2D eigenvalue weighted by molar-refractivity contribution is 7.80. The molecular formula is C11H10F6N2S. The molecule has 2 nitrogen and oxygen atoms in total. The van der Waals surface area contributed by atoms with Crippen molar-refractivity contribution in [3.63, 3.8) is 0 Å². The number of hydrogen-bond acceptors (Lipinski definition) is 1. The van der Waals surface area contributed by atoms with Crippen molar-refractivity contribution in [2.45, 2.75) is 18.9 Å². The van der Waals surface area contributed by atoms with E-state index >= 15 is 0 Å². The van der Waals surface area contributed by atoms with Gasteiger partial charge in [-0.25, -0.2) is 0 Å². The third-order valence-electron chi connectivity index (χ3n) is 2.33. The Kier molecular flexibility index (Phi) is 4.85. The van der Waals surface area contributed by atoms with Crippen LogP contribution in [0.1, 0.15) is 16.7 Å². The van der Waals surface area contributed by atoms with E-state index in [0.717, 1.165) is 0 Å². The molecule has 112 valence electrons. The molecule has 0 saturated heterocycles. The second kappa shape index (κ2) is 5.86. The molecule has 0 aliphatic carbocycles. The number of hydrogen-bond donors (Lipinski definition) is 2. The monoisotopic (exact) mass is 316 g/mol. The summed E-state index contributed by atoms with van der Waals surface area (Å²) in [5, 5.41) is 5.11. The van der Waals surface area contributed by atoms with Gasteiger partial charge in [-0.1, -0.05) is 0 Å². The van der Waals surface area contributed by atoms with Crippen LogP contribution < -0.4 is 10.6 Å². The van der Waals surface area contributed by atoms with E-state index in [2.05, 4.69) is 10.6 Å². The zero-order valence-corrected chi connectivity index (χ0v) is 10.9. The summed E-state index contributed by atoms with van der Waals surface area (Å²) >= 11 is 4.70. The molecule has 0 aromatic heterocycles. The van der Waals surface area contributed by atoms with Crippen molar-refractivity contribution in [3.05, 3.63) is 34.9 Å². The van der Waals surface area contributed by atoms with Gasteiger partial charge in [0, 0.05) is 13.6 Å². The minimum Gasteiger partial charge on any atom is -0.366 e. The smallest absolute Gasteiger partial charge is 0.366 e. The topological polar surface area (TPSA) is 24.1 Å². The van der Waals surface area contributed by atoms with E-state index in [-0.39, 0.29) is 23.3 Å². The molecule has 0 saturated carbocycles. The Morgan fingerprint density at radius 3 is 1.80 bits per heavy atom. The average Bonchev–Trinajstić information content (AvgIpc) is 2.33. The van der Waals surface area contributed by atoms with E-state index in [1.54, 1.807) is 0 Å². The molecule has 0 heterocycles. The van der Waals surface area contributed by atoms with Crippen LogP contribution in [-0.4, -0.2) is 12.2 Å². The molecule has 0 aliphatic heterocycles. The van der Waals surface area contributed by atoms with Gasteiger partial charge in [0.2, 0.25) is 0 Å². The Bertz CT molecular complexity index is 462. The number of benzene rings is 1. The minimum atomic E-state index is -4.85. The molecule has 0 spiro atoms. The summed E-state index contributed by atoms with van der Waals surface area (Å²) in [6, 6.07) is 1.39. The minimum absolute atomic E-state index is 0.0832. The Morgan fingerprint density at radius 1 is 1.00 bits per heavy atom. The lowest BCUT2D eigenvalue weighted by molar-refractivity contribution is -0.143. The first-order chi connectivity index (χ1) is 9.04. The van der Waals surface area contributed by atoms with Gasteiger partial charge in [-0.15, -0.1) is 0 Å². The maximum absolute atomic E-state index is 12.6. The number of nitrogens with one attached hydrogen (secondary N) is 2. The van der Waals surface area contributed by atoms with Crippen LogP contribution in [0.4, 0.5) is 26.3 Å². The second-order valence-electron chi connectivity index (χ2n) is 3.85. The van der Waals surface area contributed by atoms with Gasteiger partial charge in [-0.05, 0) is 36.0 Å². The Labute approximate surface area is 116 Å². The van der Waals surface area contributed by atoms with Crippen molar-refractivity contribution in [2.24, 2.45) is 0 Å². The summed E-state index contributed by atoms with van der Waals surface area (Å²) in [5.41, 5.74) is -2.86. The highest BCUT2D eigenvalue weighted by Crippen LogP contribution is 2.36. The van der Waals surface area contributed by atoms with E-state index in [4.69, 9.17) is 12.2 Å². The summed E-state index contributed by atoms with van der Waals surface area (Å²) in [7, 11) is 1.47. The van der Waals surface area contributed by atoms with Gasteiger partial charge in [0.1, 0.15) is 0 Å². The third kappa shape index (κ3) is 4.55. The number of alkyl halides is 6. The fourth-order valence-electron chi connectivity index (χ4n) is 1.39. The first kappa shape index (κ1) is 16.5. The summed E-state index contributed by atoms with van der Waals surface area (Å²) in [5.74, 6) is 0. The molecule has 0 fully saturated rings. The van der Waals surface area contributed by atoms with Crippen LogP contribution in [0.25, 0.3) is 0 Å². The van der Waals surface area contributed by atoms with Crippen molar-refractivity contribution in [1.29, 1.82) is 0 Å². The van der Waals surface area contributed by atoms with Crippen LogP contribution in [0.15, 0.2) is 18.2 Å². The molecule has 1 aromatic carbocycles. The van der Waals surface area contributed by atoms with Gasteiger partial charge in [0.25, 0.3) is 0 Å². The van der Waals surface area contributed by atoms with E-state index < -0.39 is 23.5 Å². The van der Waals surface area contributed by atoms with Crippen molar-refractivity contribution in [3.8, 4) is 0 Å². The molecule has 1 aromatic rings. The summed E-state index contributed by atoms with van der Waals surface area (Å²) in [6.07, 6.45) is -9.70. The normalized spacial score (nSPS) is 12.2. The van der Waals surface area contributed by atoms with Gasteiger partial charge < -0.3 is 10.6 Å². The second-order valence-corrected chi connectivity index (χ2v) is 4.26. The first-order valence-electron chi connectivity index (χ1n) is 5.28. The molecule has 0 aliphatic rings. The summed E-state index contributed by atoms with van der Waals surface area (Å²) < 4.78 is 75.5. The molecule has 0 amide bonds. The average molecular weight is 316 g/mol. The fourth-order valence-corrected chi connectivity index (χ4v) is 1.46. The summed E-state index contributed by atoms with van der Waals surface area (Å²) in [6.45, 7) is -0.243. The summed E-state index contributed by atoms with van der Waals surface area (Å²) in [4.78, 5) is 0. The quantitative estimate of drug-likeness (QED) is 0.646. The van der Waals surface area contributed by atoms with Crippen LogP contribution in [0, 0.1) is 0 Å². The van der Waals surface area contributed by atoms with Crippen LogP contribution in [0.2, 0.25) is 0 Å². The lowest BCUT2D eigenvalue weighted by atomic mass is 10.0. The predicted molar refractivity (Wildman–Crippen MR) is 64.9 cm³/mol. The molecule has 0 atom stereocenters. The SMILES string of the molecule is CNC(=S)NCc1cc(C(F)(F)F)cc(C(F)(F)F)c1. The van der Waals surface area contributed by atoms with E-state index in [1.807, 2.05) is 0 Å². The van der Waals surface area contributed by atoms with Gasteiger partial charge in [-0.3, -0.25) is 0 Å². The number of halogens is 6. The fraction of sp³-hybridized carbons (Fsp3) is 0.364. The van der Waals surface area contributed by atoms with Crippen molar-refractivity contribution >= 4 is 17.3 Å². The Hall–Kier alpha value is -1.51. The number of rotatable bonds is 2. The lowest BCUT2D eigenvalue weighted by Crippen LogP contribution is -2.32. The van der Waals surface area contributed by atoms with Crippen LogP contribution in [0.3, 0.4) is 0 Å². The van der Waals surface area contributed by atoms with Crippen LogP contribution in [-0.2, 0) is 18.9 Å². The number of thiocarbonyl (C=S) groups is 1. The highest BCUT2D eigenvalue weighted by Gasteiger charge is 2.36. The lowest BCUT2D eigenvalue weighted by Gasteiger charge is -2.15. The zero-order chi connectivity index (χ0) is 15.6.